The van der Waals surface area contributed by atoms with Crippen LogP contribution in [0.1, 0.15) is 6.42 Å². The molecule has 19 heavy (non-hydrogen) atoms. The Morgan fingerprint density at radius 2 is 2.37 bits per heavy atom. The molecule has 0 saturated carbocycles. The van der Waals surface area contributed by atoms with Crippen molar-refractivity contribution in [2.45, 2.75) is 19.0 Å². The van der Waals surface area contributed by atoms with Crippen molar-refractivity contribution in [2.24, 2.45) is 0 Å². The van der Waals surface area contributed by atoms with E-state index in [2.05, 4.69) is 17.0 Å². The monoisotopic (exact) mass is 282 g/mol. The van der Waals surface area contributed by atoms with E-state index >= 15 is 0 Å². The van der Waals surface area contributed by atoms with Crippen molar-refractivity contribution in [3.05, 3.63) is 34.2 Å². The van der Waals surface area contributed by atoms with Crippen molar-refractivity contribution in [3.63, 3.8) is 0 Å². The molecule has 1 aromatic heterocycles. The van der Waals surface area contributed by atoms with Gasteiger partial charge in [-0.25, -0.2) is 4.68 Å². The maximum absolute atomic E-state index is 11.9. The van der Waals surface area contributed by atoms with Gasteiger partial charge in [-0.1, -0.05) is 17.7 Å². The van der Waals surface area contributed by atoms with Crippen LogP contribution in [0, 0.1) is 0 Å². The fraction of sp³-hybridized carbons (Fsp3) is 0.417. The van der Waals surface area contributed by atoms with Gasteiger partial charge in [-0.2, -0.15) is 5.10 Å². The Morgan fingerprint density at radius 3 is 2.95 bits per heavy atom. The molecule has 0 spiro atoms. The highest BCUT2D eigenvalue weighted by molar-refractivity contribution is 6.33. The van der Waals surface area contributed by atoms with Crippen LogP contribution in [0.2, 0.25) is 5.02 Å². The standard InChI is InChI=1S/C12H15ClN4O2/c1-3-5-17-12(19)10(13)9(7-14-17)15-8-4-6-16(2)11(8)18/h3,7-8,15H,1,4-6H2,2H3. The van der Waals surface area contributed by atoms with E-state index in [0.717, 1.165) is 0 Å². The number of hydrogen-bond acceptors (Lipinski definition) is 4. The lowest BCUT2D eigenvalue weighted by Gasteiger charge is -2.14. The topological polar surface area (TPSA) is 67.2 Å². The van der Waals surface area contributed by atoms with E-state index < -0.39 is 5.56 Å². The lowest BCUT2D eigenvalue weighted by atomic mass is 10.2. The summed E-state index contributed by atoms with van der Waals surface area (Å²) in [7, 11) is 1.74. The number of halogens is 1. The molecule has 1 fully saturated rings. The van der Waals surface area contributed by atoms with Crippen LogP contribution in [0.4, 0.5) is 5.69 Å². The first-order valence-corrected chi connectivity index (χ1v) is 6.30. The molecule has 1 aliphatic rings. The van der Waals surface area contributed by atoms with Crippen LogP contribution in [0.15, 0.2) is 23.6 Å². The van der Waals surface area contributed by atoms with E-state index in [9.17, 15) is 9.59 Å². The fourth-order valence-electron chi connectivity index (χ4n) is 1.96. The molecule has 1 amide bonds. The molecule has 1 atom stereocenters. The molecule has 1 aromatic rings. The number of anilines is 1. The van der Waals surface area contributed by atoms with Gasteiger partial charge in [0, 0.05) is 13.6 Å². The van der Waals surface area contributed by atoms with E-state index in [1.165, 1.54) is 10.9 Å². The molecular formula is C12H15ClN4O2. The average molecular weight is 283 g/mol. The maximum atomic E-state index is 11.9. The van der Waals surface area contributed by atoms with Gasteiger partial charge in [0.1, 0.15) is 11.1 Å². The smallest absolute Gasteiger partial charge is 0.287 e. The van der Waals surface area contributed by atoms with Crippen molar-refractivity contribution < 1.29 is 4.79 Å². The molecule has 1 unspecified atom stereocenters. The van der Waals surface area contributed by atoms with Crippen LogP contribution >= 0.6 is 11.6 Å². The number of hydrogen-bond donors (Lipinski definition) is 1. The summed E-state index contributed by atoms with van der Waals surface area (Å²) in [6.07, 6.45) is 3.70. The number of rotatable bonds is 4. The minimum absolute atomic E-state index is 0.00802. The van der Waals surface area contributed by atoms with Crippen LogP contribution < -0.4 is 10.9 Å². The lowest BCUT2D eigenvalue weighted by molar-refractivity contribution is -0.127. The minimum Gasteiger partial charge on any atom is -0.371 e. The summed E-state index contributed by atoms with van der Waals surface area (Å²) in [4.78, 5) is 25.3. The largest absolute Gasteiger partial charge is 0.371 e. The fourth-order valence-corrected chi connectivity index (χ4v) is 2.16. The number of aromatic nitrogens is 2. The highest BCUT2D eigenvalue weighted by atomic mass is 35.5. The molecule has 6 nitrogen and oxygen atoms in total. The van der Waals surface area contributed by atoms with Crippen LogP contribution in [0.25, 0.3) is 0 Å². The van der Waals surface area contributed by atoms with Crippen molar-refractivity contribution in [1.29, 1.82) is 0 Å². The summed E-state index contributed by atoms with van der Waals surface area (Å²) in [6.45, 7) is 4.53. The molecule has 0 aromatic carbocycles. The van der Waals surface area contributed by atoms with Gasteiger partial charge >= 0.3 is 0 Å². The Balaban J connectivity index is 2.22. The third kappa shape index (κ3) is 2.63. The maximum Gasteiger partial charge on any atom is 0.287 e. The van der Waals surface area contributed by atoms with Gasteiger partial charge in [-0.15, -0.1) is 6.58 Å². The average Bonchev–Trinajstić information content (AvgIpc) is 2.70. The Labute approximate surface area is 115 Å². The summed E-state index contributed by atoms with van der Waals surface area (Å²) in [5.41, 5.74) is -0.00834. The van der Waals surface area contributed by atoms with Gasteiger partial charge in [0.2, 0.25) is 5.91 Å². The quantitative estimate of drug-likeness (QED) is 0.827. The zero-order valence-electron chi connectivity index (χ0n) is 10.6. The summed E-state index contributed by atoms with van der Waals surface area (Å²) >= 11 is 6.00. The van der Waals surface area contributed by atoms with Crippen LogP contribution in [-0.2, 0) is 11.3 Å². The second-order valence-corrected chi connectivity index (χ2v) is 4.77. The molecule has 2 heterocycles. The van der Waals surface area contributed by atoms with E-state index in [1.807, 2.05) is 0 Å². The minimum atomic E-state index is -0.398. The predicted molar refractivity (Wildman–Crippen MR) is 73.4 cm³/mol. The van der Waals surface area contributed by atoms with Crippen LogP contribution in [0.5, 0.6) is 0 Å². The Morgan fingerprint density at radius 1 is 1.63 bits per heavy atom. The van der Waals surface area contributed by atoms with Crippen LogP contribution in [-0.4, -0.2) is 40.2 Å². The Kier molecular flexibility index (Phi) is 3.90. The van der Waals surface area contributed by atoms with Crippen molar-refractivity contribution in [3.8, 4) is 0 Å². The first kappa shape index (κ1) is 13.6. The van der Waals surface area contributed by atoms with Crippen molar-refractivity contribution in [1.82, 2.24) is 14.7 Å². The lowest BCUT2D eigenvalue weighted by Crippen LogP contribution is -2.32. The highest BCUT2D eigenvalue weighted by Gasteiger charge is 2.29. The zero-order valence-corrected chi connectivity index (χ0v) is 11.4. The second-order valence-electron chi connectivity index (χ2n) is 4.39. The molecule has 1 aliphatic heterocycles. The zero-order chi connectivity index (χ0) is 14.0. The van der Waals surface area contributed by atoms with E-state index in [1.54, 1.807) is 18.0 Å². The first-order valence-electron chi connectivity index (χ1n) is 5.92. The Bertz CT molecular complexity index is 569. The number of likely N-dealkylation sites (N-methyl/N-ethyl adjacent to an activating group) is 1. The number of amides is 1. The van der Waals surface area contributed by atoms with E-state index in [4.69, 9.17) is 11.6 Å². The molecule has 2 rings (SSSR count). The van der Waals surface area contributed by atoms with Gasteiger partial charge in [0.15, 0.2) is 0 Å². The summed E-state index contributed by atoms with van der Waals surface area (Å²) < 4.78 is 1.21. The number of allylic oxidation sites excluding steroid dienone is 1. The number of nitrogens with one attached hydrogen (secondary N) is 1. The van der Waals surface area contributed by atoms with Crippen molar-refractivity contribution in [2.75, 3.05) is 18.9 Å². The van der Waals surface area contributed by atoms with Crippen molar-refractivity contribution >= 4 is 23.2 Å². The molecule has 7 heteroatoms. The van der Waals surface area contributed by atoms with E-state index in [0.29, 0.717) is 25.2 Å². The molecule has 1 saturated heterocycles. The van der Waals surface area contributed by atoms with Crippen LogP contribution in [0.3, 0.4) is 0 Å². The highest BCUT2D eigenvalue weighted by Crippen LogP contribution is 2.20. The van der Waals surface area contributed by atoms with Gasteiger partial charge < -0.3 is 10.2 Å². The molecular weight excluding hydrogens is 268 g/mol. The number of carbonyl (C=O) groups is 1. The molecule has 0 radical (unpaired) electrons. The summed E-state index contributed by atoms with van der Waals surface area (Å²) in [6, 6.07) is -0.348. The number of likely N-dealkylation sites (tertiary alicyclic amines) is 1. The van der Waals surface area contributed by atoms with Gasteiger partial charge in [0.05, 0.1) is 18.4 Å². The molecule has 0 aliphatic carbocycles. The SMILES string of the molecule is C=CCn1ncc(NC2CCN(C)C2=O)c(Cl)c1=O. The third-order valence-electron chi connectivity index (χ3n) is 3.04. The molecule has 0 bridgehead atoms. The number of nitrogens with zero attached hydrogens (tertiary/aromatic N) is 3. The van der Waals surface area contributed by atoms with E-state index in [-0.39, 0.29) is 17.0 Å². The predicted octanol–water partition coefficient (Wildman–Crippen LogP) is 0.725. The summed E-state index contributed by atoms with van der Waals surface area (Å²) in [5.74, 6) is -0.00802. The van der Waals surface area contributed by atoms with Gasteiger partial charge in [0.25, 0.3) is 5.56 Å². The molecule has 1 N–H and O–H groups in total. The van der Waals surface area contributed by atoms with Gasteiger partial charge in [-0.05, 0) is 6.42 Å². The molecule has 102 valence electrons. The Hall–Kier alpha value is -1.82. The van der Waals surface area contributed by atoms with Gasteiger partial charge in [-0.3, -0.25) is 9.59 Å². The second kappa shape index (κ2) is 5.44. The third-order valence-corrected chi connectivity index (χ3v) is 3.41. The summed E-state index contributed by atoms with van der Waals surface area (Å²) in [5, 5.41) is 6.99. The first-order chi connectivity index (χ1) is 9.04. The normalized spacial score (nSPS) is 18.7. The number of carbonyl (C=O) groups excluding carboxylic acids is 1.